The molecular weight excluding hydrogens is 438 g/mol. The van der Waals surface area contributed by atoms with E-state index >= 15 is 0 Å². The van der Waals surface area contributed by atoms with Crippen molar-refractivity contribution >= 4 is 23.6 Å². The number of hydrogen-bond donors (Lipinski definition) is 1. The van der Waals surface area contributed by atoms with E-state index in [1.807, 2.05) is 12.1 Å². The monoisotopic (exact) mass is 468 g/mol. The number of fused-ring (bicyclic) bond motifs is 1. The number of nitrogens with zero attached hydrogens (tertiary/aromatic N) is 2. The number of piperidine rings is 1. The highest BCUT2D eigenvalue weighted by atomic mass is 16.5. The van der Waals surface area contributed by atoms with Crippen molar-refractivity contribution in [1.29, 1.82) is 0 Å². The van der Waals surface area contributed by atoms with Crippen LogP contribution in [0, 0.1) is 0 Å². The molecule has 3 aliphatic rings. The van der Waals surface area contributed by atoms with E-state index in [2.05, 4.69) is 5.32 Å². The minimum Gasteiger partial charge on any atom is -0.489 e. The molecule has 0 aliphatic carbocycles. The molecular formula is C25H25N3O6. The Balaban J connectivity index is 1.41. The number of imide groups is 1. The van der Waals surface area contributed by atoms with Gasteiger partial charge in [0.05, 0.1) is 20.0 Å². The van der Waals surface area contributed by atoms with Crippen LogP contribution >= 0.6 is 0 Å². The molecule has 2 saturated heterocycles. The Bertz CT molecular complexity index is 1380. The lowest BCUT2D eigenvalue weighted by Gasteiger charge is -2.29. The van der Waals surface area contributed by atoms with Gasteiger partial charge in [0.2, 0.25) is 17.7 Å². The van der Waals surface area contributed by atoms with Crippen LogP contribution in [0.1, 0.15) is 46.7 Å². The average molecular weight is 469 g/mol. The van der Waals surface area contributed by atoms with E-state index < -0.39 is 54.0 Å². The fourth-order valence-electron chi connectivity index (χ4n) is 4.04. The van der Waals surface area contributed by atoms with E-state index in [0.29, 0.717) is 30.2 Å². The van der Waals surface area contributed by atoms with Crippen molar-refractivity contribution < 1.29 is 35.5 Å². The first-order valence-corrected chi connectivity index (χ1v) is 10.9. The molecule has 0 saturated carbocycles. The molecule has 2 aromatic rings. The summed E-state index contributed by atoms with van der Waals surface area (Å²) < 4.78 is 53.3. The SMILES string of the molecule is [2H]c1c([2H])c(OCc2ccc(CN3CCOCC3=O)cc2)c2c(c1[2H])C(=O)N(C1CCC(=O)NC1=O)C2([2H])[2H]. The summed E-state index contributed by atoms with van der Waals surface area (Å²) in [6, 6.07) is 4.02. The first-order chi connectivity index (χ1) is 18.5. The predicted molar refractivity (Wildman–Crippen MR) is 119 cm³/mol. The predicted octanol–water partition coefficient (Wildman–Crippen LogP) is 1.39. The highest BCUT2D eigenvalue weighted by molar-refractivity contribution is 6.05. The molecule has 4 amide bonds. The zero-order chi connectivity index (χ0) is 28.1. The normalized spacial score (nSPS) is 24.0. The third kappa shape index (κ3) is 4.38. The summed E-state index contributed by atoms with van der Waals surface area (Å²) in [5, 5.41) is 2.10. The summed E-state index contributed by atoms with van der Waals surface area (Å²) in [5.74, 6) is -2.79. The molecule has 3 heterocycles. The van der Waals surface area contributed by atoms with E-state index in [4.69, 9.17) is 16.3 Å². The quantitative estimate of drug-likeness (QED) is 0.643. The van der Waals surface area contributed by atoms with Crippen molar-refractivity contribution in [3.8, 4) is 5.75 Å². The van der Waals surface area contributed by atoms with Gasteiger partial charge in [-0.05, 0) is 29.6 Å². The van der Waals surface area contributed by atoms with E-state index in [-0.39, 0.29) is 43.3 Å². The lowest BCUT2D eigenvalue weighted by Crippen LogP contribution is -2.52. The van der Waals surface area contributed by atoms with Crippen molar-refractivity contribution in [2.24, 2.45) is 0 Å². The maximum absolute atomic E-state index is 13.3. The van der Waals surface area contributed by atoms with Gasteiger partial charge in [-0.3, -0.25) is 24.5 Å². The molecule has 9 nitrogen and oxygen atoms in total. The molecule has 2 fully saturated rings. The van der Waals surface area contributed by atoms with Gasteiger partial charge in [0, 0.05) is 30.6 Å². The molecule has 176 valence electrons. The minimum atomic E-state index is -2.64. The molecule has 1 unspecified atom stereocenters. The van der Waals surface area contributed by atoms with Gasteiger partial charge < -0.3 is 19.3 Å². The zero-order valence-corrected chi connectivity index (χ0v) is 18.2. The Morgan fingerprint density at radius 1 is 1.15 bits per heavy atom. The molecule has 3 aliphatic heterocycles. The van der Waals surface area contributed by atoms with Crippen molar-refractivity contribution in [3.63, 3.8) is 0 Å². The lowest BCUT2D eigenvalue weighted by molar-refractivity contribution is -0.143. The lowest BCUT2D eigenvalue weighted by atomic mass is 10.0. The maximum Gasteiger partial charge on any atom is 0.255 e. The number of ether oxygens (including phenoxy) is 2. The van der Waals surface area contributed by atoms with Crippen LogP contribution in [0.15, 0.2) is 42.4 Å². The number of nitrogens with one attached hydrogen (secondary N) is 1. The maximum atomic E-state index is 13.3. The van der Waals surface area contributed by atoms with Gasteiger partial charge in [0.25, 0.3) is 5.91 Å². The van der Waals surface area contributed by atoms with Crippen LogP contribution in [0.5, 0.6) is 5.75 Å². The van der Waals surface area contributed by atoms with Crippen molar-refractivity contribution in [2.75, 3.05) is 19.8 Å². The first-order valence-electron chi connectivity index (χ1n) is 13.4. The molecule has 2 aromatic carbocycles. The number of benzene rings is 2. The first kappa shape index (κ1) is 16.8. The number of carbonyl (C=O) groups excluding carboxylic acids is 4. The van der Waals surface area contributed by atoms with Gasteiger partial charge in [-0.25, -0.2) is 0 Å². The van der Waals surface area contributed by atoms with Crippen LogP contribution in [0.3, 0.4) is 0 Å². The fourth-order valence-corrected chi connectivity index (χ4v) is 4.04. The summed E-state index contributed by atoms with van der Waals surface area (Å²) in [4.78, 5) is 51.8. The number of hydrogen-bond acceptors (Lipinski definition) is 6. The van der Waals surface area contributed by atoms with E-state index in [9.17, 15) is 19.2 Å². The van der Waals surface area contributed by atoms with Gasteiger partial charge >= 0.3 is 0 Å². The Hall–Kier alpha value is -3.72. The molecule has 0 spiro atoms. The summed E-state index contributed by atoms with van der Waals surface area (Å²) in [6.45, 7) is -1.33. The third-order valence-electron chi connectivity index (χ3n) is 5.89. The second-order valence-electron chi connectivity index (χ2n) is 8.18. The van der Waals surface area contributed by atoms with Crippen LogP contribution in [0.2, 0.25) is 0 Å². The van der Waals surface area contributed by atoms with E-state index in [0.717, 1.165) is 5.56 Å². The van der Waals surface area contributed by atoms with Crippen molar-refractivity contribution in [2.45, 2.75) is 38.5 Å². The van der Waals surface area contributed by atoms with Gasteiger partial charge in [-0.1, -0.05) is 30.3 Å². The largest absolute Gasteiger partial charge is 0.489 e. The van der Waals surface area contributed by atoms with Gasteiger partial charge in [0.15, 0.2) is 0 Å². The molecule has 9 heteroatoms. The third-order valence-corrected chi connectivity index (χ3v) is 5.89. The van der Waals surface area contributed by atoms with Crippen molar-refractivity contribution in [1.82, 2.24) is 15.1 Å². The standard InChI is InChI=1S/C25H25N3O6/c29-22-9-8-20(24(31)26-22)28-13-19-18(25(28)32)2-1-3-21(19)34-14-17-6-4-16(5-7-17)12-27-10-11-33-15-23(27)30/h1-7,20H,8-15H2,(H,26,29,31)/i1D,2D,3D,13D2. The second-order valence-corrected chi connectivity index (χ2v) is 8.18. The van der Waals surface area contributed by atoms with E-state index in [1.165, 1.54) is 0 Å². The molecule has 1 N–H and O–H groups in total. The van der Waals surface area contributed by atoms with Crippen LogP contribution in [-0.4, -0.2) is 59.2 Å². The summed E-state index contributed by atoms with van der Waals surface area (Å²) in [6.07, 6.45) is -0.190. The summed E-state index contributed by atoms with van der Waals surface area (Å²) >= 11 is 0. The Morgan fingerprint density at radius 3 is 2.71 bits per heavy atom. The van der Waals surface area contributed by atoms with Crippen LogP contribution in [0.25, 0.3) is 0 Å². The Labute approximate surface area is 203 Å². The summed E-state index contributed by atoms with van der Waals surface area (Å²) in [7, 11) is 0. The molecule has 5 rings (SSSR count). The Kier molecular flexibility index (Phi) is 4.58. The number of carbonyl (C=O) groups is 4. The van der Waals surface area contributed by atoms with Crippen LogP contribution in [-0.2, 0) is 38.8 Å². The molecule has 34 heavy (non-hydrogen) atoms. The highest BCUT2D eigenvalue weighted by Gasteiger charge is 2.40. The van der Waals surface area contributed by atoms with Crippen molar-refractivity contribution in [3.05, 3.63) is 64.6 Å². The van der Waals surface area contributed by atoms with E-state index in [1.54, 1.807) is 17.0 Å². The van der Waals surface area contributed by atoms with Gasteiger partial charge in [-0.15, -0.1) is 0 Å². The number of rotatable bonds is 6. The highest BCUT2D eigenvalue weighted by Crippen LogP contribution is 2.34. The second kappa shape index (κ2) is 9.26. The molecule has 0 aromatic heterocycles. The number of amides is 4. The number of morpholine rings is 1. The minimum absolute atomic E-state index is 0.0533. The molecule has 0 bridgehead atoms. The van der Waals surface area contributed by atoms with Gasteiger partial charge in [0.1, 0.15) is 25.0 Å². The average Bonchev–Trinajstić information content (AvgIpc) is 3.10. The smallest absolute Gasteiger partial charge is 0.255 e. The fraction of sp³-hybridized carbons (Fsp3) is 0.360. The summed E-state index contributed by atoms with van der Waals surface area (Å²) in [5.41, 5.74) is 0.704. The van der Waals surface area contributed by atoms with Gasteiger partial charge in [-0.2, -0.15) is 0 Å². The zero-order valence-electron chi connectivity index (χ0n) is 23.2. The molecule has 1 atom stereocenters. The van der Waals surface area contributed by atoms with Crippen LogP contribution in [0.4, 0.5) is 0 Å². The molecule has 0 radical (unpaired) electrons. The van der Waals surface area contributed by atoms with Crippen LogP contribution < -0.4 is 10.1 Å². The topological polar surface area (TPSA) is 105 Å². The Morgan fingerprint density at radius 2 is 1.94 bits per heavy atom.